The molecule has 1 atom stereocenters. The lowest BCUT2D eigenvalue weighted by molar-refractivity contribution is -0.360. The van der Waals surface area contributed by atoms with Crippen LogP contribution in [0, 0.1) is 0 Å². The molecular formula is C10H17NO2P+. The van der Waals surface area contributed by atoms with Crippen molar-refractivity contribution in [2.24, 2.45) is 0 Å². The number of aryl methyl sites for hydroxylation is 1. The maximum absolute atomic E-state index is 11.5. The smallest absolute Gasteiger partial charge is 0.206 e. The van der Waals surface area contributed by atoms with Gasteiger partial charge >= 0.3 is 0 Å². The summed E-state index contributed by atoms with van der Waals surface area (Å²) in [6.45, 7) is 0.530. The van der Waals surface area contributed by atoms with E-state index in [4.69, 9.17) is 0 Å². The van der Waals surface area contributed by atoms with Crippen LogP contribution in [0.4, 0.5) is 0 Å². The van der Waals surface area contributed by atoms with Gasteiger partial charge in [-0.1, -0.05) is 30.3 Å². The molecular weight excluding hydrogens is 197 g/mol. The molecule has 0 aromatic heterocycles. The van der Waals surface area contributed by atoms with Gasteiger partial charge in [-0.2, -0.15) is 0 Å². The molecule has 0 radical (unpaired) electrons. The predicted molar refractivity (Wildman–Crippen MR) is 57.5 cm³/mol. The molecule has 0 spiro atoms. The first-order valence-corrected chi connectivity index (χ1v) is 6.81. The molecule has 1 unspecified atom stereocenters. The summed E-state index contributed by atoms with van der Waals surface area (Å²) in [6, 6.07) is 9.78. The maximum atomic E-state index is 11.5. The Kier molecular flexibility index (Phi) is 4.33. The van der Waals surface area contributed by atoms with Crippen molar-refractivity contribution in [2.45, 2.75) is 6.42 Å². The summed E-state index contributed by atoms with van der Waals surface area (Å²) in [4.78, 5) is 9.49. The standard InChI is InChI=1S/C10H16NO2P/c11-7-9-14(12,13)8-6-10-4-2-1-3-5-10/h1-5H,6-9,11H2,(H,12,13)/p+1. The fourth-order valence-corrected chi connectivity index (χ4v) is 2.63. The Hall–Kier alpha value is -0.630. The van der Waals surface area contributed by atoms with Gasteiger partial charge in [0.15, 0.2) is 0 Å². The van der Waals surface area contributed by atoms with E-state index in [2.05, 4.69) is 5.73 Å². The van der Waals surface area contributed by atoms with Gasteiger partial charge < -0.3 is 10.6 Å². The van der Waals surface area contributed by atoms with Gasteiger partial charge in [0.1, 0.15) is 0 Å². The average Bonchev–Trinajstić information content (AvgIpc) is 2.17. The zero-order chi connectivity index (χ0) is 10.4. The molecule has 0 amide bonds. The van der Waals surface area contributed by atoms with E-state index in [0.717, 1.165) is 5.56 Å². The zero-order valence-electron chi connectivity index (χ0n) is 8.22. The largest absolute Gasteiger partial charge is 0.357 e. The Labute approximate surface area is 84.4 Å². The highest BCUT2D eigenvalue weighted by Gasteiger charge is 2.17. The van der Waals surface area contributed by atoms with Gasteiger partial charge in [-0.15, -0.1) is 0 Å². The van der Waals surface area contributed by atoms with Crippen molar-refractivity contribution in [3.05, 3.63) is 35.9 Å². The van der Waals surface area contributed by atoms with E-state index in [1.165, 1.54) is 0 Å². The van der Waals surface area contributed by atoms with Crippen LogP contribution in [0.5, 0.6) is 0 Å². The van der Waals surface area contributed by atoms with E-state index in [-0.39, 0.29) is 0 Å². The Morgan fingerprint density at radius 3 is 2.43 bits per heavy atom. The minimum Gasteiger partial charge on any atom is -0.357 e. The molecule has 0 aliphatic carbocycles. The third-order valence-electron chi connectivity index (χ3n) is 2.10. The lowest BCUT2D eigenvalue weighted by atomic mass is 10.2. The monoisotopic (exact) mass is 214 g/mol. The highest BCUT2D eigenvalue weighted by Crippen LogP contribution is 2.39. The number of rotatable bonds is 5. The van der Waals surface area contributed by atoms with Crippen molar-refractivity contribution in [1.29, 1.82) is 0 Å². The summed E-state index contributed by atoms with van der Waals surface area (Å²) in [5.74, 6) is 0. The summed E-state index contributed by atoms with van der Waals surface area (Å²) in [5.41, 5.74) is 4.71. The molecule has 78 valence electrons. The van der Waals surface area contributed by atoms with Crippen molar-refractivity contribution in [1.82, 2.24) is 0 Å². The lowest BCUT2D eigenvalue weighted by Crippen LogP contribution is -2.51. The molecule has 14 heavy (non-hydrogen) atoms. The molecule has 4 N–H and O–H groups in total. The van der Waals surface area contributed by atoms with Crippen molar-refractivity contribution in [3.8, 4) is 0 Å². The van der Waals surface area contributed by atoms with Gasteiger partial charge in [-0.25, -0.2) is 0 Å². The van der Waals surface area contributed by atoms with Crippen molar-refractivity contribution < 1.29 is 15.2 Å². The maximum Gasteiger partial charge on any atom is 0.206 e. The molecule has 0 saturated carbocycles. The molecule has 0 fully saturated rings. The van der Waals surface area contributed by atoms with E-state index in [0.29, 0.717) is 25.3 Å². The molecule has 4 heteroatoms. The third-order valence-corrected chi connectivity index (χ3v) is 4.04. The summed E-state index contributed by atoms with van der Waals surface area (Å²) < 4.78 is 11.5. The molecule has 0 saturated heterocycles. The first-order chi connectivity index (χ1) is 6.64. The fraction of sp³-hybridized carbons (Fsp3) is 0.400. The second kappa shape index (κ2) is 5.30. The predicted octanol–water partition coefficient (Wildman–Crippen LogP) is 0.741. The Balaban J connectivity index is 2.45. The van der Waals surface area contributed by atoms with Crippen LogP contribution >= 0.6 is 7.37 Å². The molecule has 0 aliphatic rings. The van der Waals surface area contributed by atoms with Gasteiger partial charge in [-0.05, 0) is 12.0 Å². The lowest BCUT2D eigenvalue weighted by Gasteiger charge is -2.08. The Morgan fingerprint density at radius 1 is 1.21 bits per heavy atom. The van der Waals surface area contributed by atoms with Crippen LogP contribution in [0.25, 0.3) is 0 Å². The van der Waals surface area contributed by atoms with Crippen LogP contribution in [0.3, 0.4) is 0 Å². The van der Waals surface area contributed by atoms with Crippen LogP contribution in [-0.2, 0) is 11.0 Å². The molecule has 0 heterocycles. The van der Waals surface area contributed by atoms with E-state index >= 15 is 0 Å². The second-order valence-corrected chi connectivity index (χ2v) is 5.97. The summed E-state index contributed by atoms with van der Waals surface area (Å²) in [7, 11) is -2.92. The molecule has 1 rings (SSSR count). The summed E-state index contributed by atoms with van der Waals surface area (Å²) in [5, 5.41) is 0. The molecule has 1 aromatic carbocycles. The molecule has 3 nitrogen and oxygen atoms in total. The summed E-state index contributed by atoms with van der Waals surface area (Å²) >= 11 is 0. The average molecular weight is 214 g/mol. The van der Waals surface area contributed by atoms with Crippen LogP contribution in [0.2, 0.25) is 0 Å². The minimum absolute atomic E-state index is 0.333. The first kappa shape index (κ1) is 11.4. The van der Waals surface area contributed by atoms with Crippen molar-refractivity contribution in [3.63, 3.8) is 0 Å². The highest BCUT2D eigenvalue weighted by atomic mass is 31.2. The number of hydrogen-bond acceptors (Lipinski definition) is 1. The van der Waals surface area contributed by atoms with Crippen LogP contribution < -0.4 is 5.73 Å². The van der Waals surface area contributed by atoms with Gasteiger partial charge in [0, 0.05) is 6.16 Å². The molecule has 0 bridgehead atoms. The van der Waals surface area contributed by atoms with Crippen LogP contribution in [0.1, 0.15) is 5.56 Å². The number of quaternary nitrogens is 1. The van der Waals surface area contributed by atoms with Crippen molar-refractivity contribution >= 4 is 7.37 Å². The number of benzene rings is 1. The first-order valence-electron chi connectivity index (χ1n) is 4.78. The van der Waals surface area contributed by atoms with E-state index < -0.39 is 7.37 Å². The van der Waals surface area contributed by atoms with Crippen LogP contribution in [-0.4, -0.2) is 23.8 Å². The van der Waals surface area contributed by atoms with Gasteiger partial charge in [0.25, 0.3) is 0 Å². The Morgan fingerprint density at radius 2 is 1.86 bits per heavy atom. The third kappa shape index (κ3) is 4.05. The fourth-order valence-electron chi connectivity index (χ4n) is 1.31. The van der Waals surface area contributed by atoms with E-state index in [1.807, 2.05) is 30.3 Å². The normalized spacial score (nSPS) is 15.0. The van der Waals surface area contributed by atoms with Crippen molar-refractivity contribution in [2.75, 3.05) is 18.9 Å². The van der Waals surface area contributed by atoms with Gasteiger partial charge in [-0.3, -0.25) is 4.57 Å². The topological polar surface area (TPSA) is 64.9 Å². The molecule has 1 aromatic rings. The SMILES string of the molecule is [NH3+]CCP(=O)(O)CCc1ccccc1. The highest BCUT2D eigenvalue weighted by molar-refractivity contribution is 7.58. The Bertz CT molecular complexity index is 313. The van der Waals surface area contributed by atoms with Gasteiger partial charge in [0.05, 0.1) is 12.7 Å². The van der Waals surface area contributed by atoms with E-state index in [9.17, 15) is 9.46 Å². The minimum atomic E-state index is -2.92. The van der Waals surface area contributed by atoms with Crippen LogP contribution in [0.15, 0.2) is 30.3 Å². The van der Waals surface area contributed by atoms with Gasteiger partial charge in [0.2, 0.25) is 7.37 Å². The quantitative estimate of drug-likeness (QED) is 0.710. The van der Waals surface area contributed by atoms with E-state index in [1.54, 1.807) is 0 Å². The zero-order valence-corrected chi connectivity index (χ0v) is 9.12. The number of hydrogen-bond donors (Lipinski definition) is 2. The second-order valence-electron chi connectivity index (χ2n) is 3.38. The molecule has 0 aliphatic heterocycles. The summed E-state index contributed by atoms with van der Waals surface area (Å²) in [6.07, 6.45) is 1.38.